The highest BCUT2D eigenvalue weighted by atomic mass is 16.5. The van der Waals surface area contributed by atoms with Gasteiger partial charge in [-0.05, 0) is 51.8 Å². The van der Waals surface area contributed by atoms with Crippen LogP contribution in [0.5, 0.6) is 5.75 Å². The first-order chi connectivity index (χ1) is 18.0. The number of hydrogen-bond donors (Lipinski definition) is 1. The van der Waals surface area contributed by atoms with Crippen molar-refractivity contribution < 1.29 is 19.1 Å². The van der Waals surface area contributed by atoms with Crippen LogP contribution in [0, 0.1) is 0 Å². The van der Waals surface area contributed by atoms with Gasteiger partial charge in [-0.1, -0.05) is 42.5 Å². The van der Waals surface area contributed by atoms with Gasteiger partial charge in [0.15, 0.2) is 5.65 Å². The summed E-state index contributed by atoms with van der Waals surface area (Å²) in [5.74, 6) is -0.200. The Hall–Kier alpha value is -4.20. The molecule has 1 aliphatic carbocycles. The van der Waals surface area contributed by atoms with E-state index >= 15 is 0 Å². The van der Waals surface area contributed by atoms with E-state index in [0.717, 1.165) is 18.5 Å². The van der Waals surface area contributed by atoms with Crippen LogP contribution in [0.2, 0.25) is 0 Å². The van der Waals surface area contributed by atoms with E-state index in [4.69, 9.17) is 14.5 Å². The molecular weight excluding hydrogens is 468 g/mol. The number of rotatable bonds is 9. The monoisotopic (exact) mass is 498 g/mol. The number of nitrogens with zero attached hydrogens (tertiary/aromatic N) is 3. The van der Waals surface area contributed by atoms with Gasteiger partial charge in [0.25, 0.3) is 5.91 Å². The molecule has 8 nitrogen and oxygen atoms in total. The number of amides is 1. The third-order valence-corrected chi connectivity index (χ3v) is 6.30. The number of nitrogens with one attached hydrogen (secondary N) is 1. The average molecular weight is 499 g/mol. The summed E-state index contributed by atoms with van der Waals surface area (Å²) < 4.78 is 13.4. The highest BCUT2D eigenvalue weighted by Crippen LogP contribution is 2.40. The minimum Gasteiger partial charge on any atom is -0.492 e. The van der Waals surface area contributed by atoms with E-state index in [1.807, 2.05) is 37.6 Å². The fourth-order valence-corrected chi connectivity index (χ4v) is 4.29. The maximum Gasteiger partial charge on any atom is 0.340 e. The SMILES string of the molecule is CCOc1ccccc1NC(=O)C(OC(=O)c1cc(C2CC2)nc2c1cnn2C(C)C)c1ccccc1. The van der Waals surface area contributed by atoms with Gasteiger partial charge in [0.1, 0.15) is 5.75 Å². The molecule has 5 rings (SSSR count). The zero-order valence-electron chi connectivity index (χ0n) is 21.2. The molecule has 1 N–H and O–H groups in total. The largest absolute Gasteiger partial charge is 0.492 e. The molecule has 1 aliphatic rings. The summed E-state index contributed by atoms with van der Waals surface area (Å²) in [4.78, 5) is 32.0. The molecule has 4 aromatic rings. The molecule has 0 saturated heterocycles. The highest BCUT2D eigenvalue weighted by molar-refractivity contribution is 6.04. The maximum absolute atomic E-state index is 13.7. The number of benzene rings is 2. The molecule has 190 valence electrons. The molecule has 37 heavy (non-hydrogen) atoms. The molecule has 2 heterocycles. The predicted molar refractivity (Wildman–Crippen MR) is 141 cm³/mol. The van der Waals surface area contributed by atoms with E-state index in [1.54, 1.807) is 54.7 Å². The van der Waals surface area contributed by atoms with Gasteiger partial charge in [-0.3, -0.25) is 4.79 Å². The summed E-state index contributed by atoms with van der Waals surface area (Å²) in [5.41, 5.74) is 2.94. The minimum atomic E-state index is -1.17. The summed E-state index contributed by atoms with van der Waals surface area (Å²) in [6.45, 7) is 6.37. The van der Waals surface area contributed by atoms with E-state index in [0.29, 0.717) is 46.1 Å². The van der Waals surface area contributed by atoms with Gasteiger partial charge in [-0.15, -0.1) is 0 Å². The number of para-hydroxylation sites is 2. The van der Waals surface area contributed by atoms with Crippen LogP contribution in [0.4, 0.5) is 5.69 Å². The summed E-state index contributed by atoms with van der Waals surface area (Å²) >= 11 is 0. The molecule has 0 spiro atoms. The number of ether oxygens (including phenoxy) is 2. The van der Waals surface area contributed by atoms with Crippen molar-refractivity contribution in [2.45, 2.75) is 51.7 Å². The van der Waals surface area contributed by atoms with Crippen LogP contribution in [-0.4, -0.2) is 33.2 Å². The van der Waals surface area contributed by atoms with Crippen molar-refractivity contribution in [1.82, 2.24) is 14.8 Å². The topological polar surface area (TPSA) is 95.3 Å². The maximum atomic E-state index is 13.7. The van der Waals surface area contributed by atoms with Crippen LogP contribution in [0.15, 0.2) is 66.9 Å². The van der Waals surface area contributed by atoms with Gasteiger partial charge in [0.05, 0.1) is 29.4 Å². The molecule has 1 unspecified atom stereocenters. The molecule has 1 amide bonds. The molecule has 1 saturated carbocycles. The first kappa shape index (κ1) is 24.5. The predicted octanol–water partition coefficient (Wildman–Crippen LogP) is 5.83. The highest BCUT2D eigenvalue weighted by Gasteiger charge is 2.31. The van der Waals surface area contributed by atoms with Crippen molar-refractivity contribution in [3.8, 4) is 5.75 Å². The van der Waals surface area contributed by atoms with E-state index < -0.39 is 18.0 Å². The third kappa shape index (κ3) is 5.18. The quantitative estimate of drug-likeness (QED) is 0.292. The molecule has 0 bridgehead atoms. The molecule has 1 fully saturated rings. The van der Waals surface area contributed by atoms with Gasteiger partial charge < -0.3 is 14.8 Å². The molecule has 0 aliphatic heterocycles. The first-order valence-corrected chi connectivity index (χ1v) is 12.6. The summed E-state index contributed by atoms with van der Waals surface area (Å²) in [6, 6.07) is 18.0. The Labute approximate surface area is 215 Å². The van der Waals surface area contributed by atoms with Crippen molar-refractivity contribution in [3.63, 3.8) is 0 Å². The van der Waals surface area contributed by atoms with E-state index in [-0.39, 0.29) is 6.04 Å². The lowest BCUT2D eigenvalue weighted by molar-refractivity contribution is -0.125. The Balaban J connectivity index is 1.49. The Morgan fingerprint density at radius 1 is 1.08 bits per heavy atom. The number of hydrogen-bond acceptors (Lipinski definition) is 6. The fraction of sp³-hybridized carbons (Fsp3) is 0.310. The second-order valence-electron chi connectivity index (χ2n) is 9.40. The van der Waals surface area contributed by atoms with Crippen LogP contribution in [0.3, 0.4) is 0 Å². The van der Waals surface area contributed by atoms with Gasteiger partial charge in [0, 0.05) is 23.2 Å². The zero-order valence-corrected chi connectivity index (χ0v) is 21.2. The summed E-state index contributed by atoms with van der Waals surface area (Å²) in [6.07, 6.45) is 2.55. The second-order valence-corrected chi connectivity index (χ2v) is 9.40. The summed E-state index contributed by atoms with van der Waals surface area (Å²) in [5, 5.41) is 7.95. The average Bonchev–Trinajstić information content (AvgIpc) is 3.66. The van der Waals surface area contributed by atoms with Crippen LogP contribution in [0.25, 0.3) is 11.0 Å². The number of aromatic nitrogens is 3. The fourth-order valence-electron chi connectivity index (χ4n) is 4.29. The number of pyridine rings is 1. The Bertz CT molecular complexity index is 1430. The van der Waals surface area contributed by atoms with Gasteiger partial charge in [-0.25, -0.2) is 14.5 Å². The lowest BCUT2D eigenvalue weighted by atomic mass is 10.1. The minimum absolute atomic E-state index is 0.0802. The molecule has 2 aromatic heterocycles. The van der Waals surface area contributed by atoms with E-state index in [9.17, 15) is 9.59 Å². The van der Waals surface area contributed by atoms with Crippen LogP contribution >= 0.6 is 0 Å². The Morgan fingerprint density at radius 2 is 1.81 bits per heavy atom. The molecule has 8 heteroatoms. The van der Waals surface area contributed by atoms with E-state index in [2.05, 4.69) is 10.4 Å². The molecular formula is C29H30N4O4. The smallest absolute Gasteiger partial charge is 0.340 e. The number of esters is 1. The Kier molecular flexibility index (Phi) is 6.90. The van der Waals surface area contributed by atoms with Crippen molar-refractivity contribution in [3.05, 3.63) is 83.7 Å². The summed E-state index contributed by atoms with van der Waals surface area (Å²) in [7, 11) is 0. The standard InChI is InChI=1S/C29H30N4O4/c1-4-36-25-13-9-8-12-23(25)32-28(34)26(20-10-6-5-7-11-20)37-29(35)21-16-24(19-14-15-19)31-27-22(21)17-30-33(27)18(2)3/h5-13,16-19,26H,4,14-15H2,1-3H3,(H,32,34). The van der Waals surface area contributed by atoms with Crippen molar-refractivity contribution in [2.24, 2.45) is 0 Å². The molecule has 0 radical (unpaired) electrons. The first-order valence-electron chi connectivity index (χ1n) is 12.6. The number of carbonyl (C=O) groups is 2. The molecule has 2 aromatic carbocycles. The normalized spacial score (nSPS) is 13.9. The second kappa shape index (κ2) is 10.4. The number of anilines is 1. The lowest BCUT2D eigenvalue weighted by Gasteiger charge is -2.19. The van der Waals surface area contributed by atoms with Gasteiger partial charge in [-0.2, -0.15) is 5.10 Å². The van der Waals surface area contributed by atoms with Crippen LogP contribution in [-0.2, 0) is 9.53 Å². The zero-order chi connectivity index (χ0) is 25.9. The van der Waals surface area contributed by atoms with Gasteiger partial charge >= 0.3 is 5.97 Å². The van der Waals surface area contributed by atoms with Crippen molar-refractivity contribution in [2.75, 3.05) is 11.9 Å². The number of carbonyl (C=O) groups excluding carboxylic acids is 2. The van der Waals surface area contributed by atoms with Gasteiger partial charge in [0.2, 0.25) is 6.10 Å². The van der Waals surface area contributed by atoms with Crippen LogP contribution in [0.1, 0.15) is 73.3 Å². The Morgan fingerprint density at radius 3 is 2.51 bits per heavy atom. The number of fused-ring (bicyclic) bond motifs is 1. The lowest BCUT2D eigenvalue weighted by Crippen LogP contribution is -2.26. The van der Waals surface area contributed by atoms with Crippen LogP contribution < -0.4 is 10.1 Å². The van der Waals surface area contributed by atoms with E-state index in [1.165, 1.54) is 0 Å². The van der Waals surface area contributed by atoms with Crippen molar-refractivity contribution in [1.29, 1.82) is 0 Å². The van der Waals surface area contributed by atoms with Crippen molar-refractivity contribution >= 4 is 28.6 Å². The third-order valence-electron chi connectivity index (χ3n) is 6.30. The molecule has 1 atom stereocenters.